The Morgan fingerprint density at radius 2 is 2.50 bits per heavy atom. The maximum absolute atomic E-state index is 12.3. The van der Waals surface area contributed by atoms with Crippen LogP contribution in [0.15, 0.2) is 28.9 Å². The van der Waals surface area contributed by atoms with Crippen molar-refractivity contribution in [2.75, 3.05) is 20.2 Å². The minimum Gasteiger partial charge on any atom is -0.463 e. The zero-order chi connectivity index (χ0) is 13.9. The van der Waals surface area contributed by atoms with Crippen LogP contribution in [0.3, 0.4) is 0 Å². The second-order valence-corrected chi connectivity index (χ2v) is 4.96. The topological polar surface area (TPSA) is 71.4 Å². The first-order chi connectivity index (χ1) is 9.74. The molecule has 1 unspecified atom stereocenters. The van der Waals surface area contributed by atoms with Gasteiger partial charge in [-0.15, -0.1) is 0 Å². The number of aromatic nitrogens is 2. The van der Waals surface area contributed by atoms with E-state index in [2.05, 4.69) is 10.2 Å². The smallest absolute Gasteiger partial charge is 0.274 e. The van der Waals surface area contributed by atoms with Gasteiger partial charge < -0.3 is 14.1 Å². The second kappa shape index (κ2) is 5.50. The third-order valence-electron chi connectivity index (χ3n) is 3.43. The van der Waals surface area contributed by atoms with Crippen molar-refractivity contribution in [2.45, 2.75) is 18.9 Å². The summed E-state index contributed by atoms with van der Waals surface area (Å²) >= 11 is 0. The zero-order valence-electron chi connectivity index (χ0n) is 11.3. The highest BCUT2D eigenvalue weighted by Gasteiger charge is 2.22. The molecule has 6 nitrogen and oxygen atoms in total. The van der Waals surface area contributed by atoms with E-state index in [-0.39, 0.29) is 12.0 Å². The molecule has 1 aliphatic rings. The molecule has 1 atom stereocenters. The summed E-state index contributed by atoms with van der Waals surface area (Å²) in [6, 6.07) is 5.31. The van der Waals surface area contributed by atoms with Crippen LogP contribution in [0.2, 0.25) is 0 Å². The van der Waals surface area contributed by atoms with Gasteiger partial charge in [-0.1, -0.05) is 0 Å². The first kappa shape index (κ1) is 12.9. The number of aromatic amines is 1. The number of nitrogens with zero attached hydrogens (tertiary/aromatic N) is 2. The van der Waals surface area contributed by atoms with Crippen LogP contribution in [-0.4, -0.2) is 47.3 Å². The highest BCUT2D eigenvalue weighted by Crippen LogP contribution is 2.19. The highest BCUT2D eigenvalue weighted by molar-refractivity contribution is 5.93. The van der Waals surface area contributed by atoms with Gasteiger partial charge in [-0.25, -0.2) is 0 Å². The maximum Gasteiger partial charge on any atom is 0.274 e. The standard InChI is InChI=1S/C14H17N3O3/c1-17(9-10-4-2-6-19-10)14(18)12-8-11(15-16-12)13-5-3-7-20-13/h3,5,7-8,10H,2,4,6,9H2,1H3,(H,15,16). The molecule has 2 aromatic heterocycles. The molecule has 6 heteroatoms. The lowest BCUT2D eigenvalue weighted by atomic mass is 10.2. The number of ether oxygens (including phenoxy) is 1. The molecule has 1 amide bonds. The van der Waals surface area contributed by atoms with Crippen LogP contribution < -0.4 is 0 Å². The van der Waals surface area contributed by atoms with E-state index in [1.165, 1.54) is 0 Å². The van der Waals surface area contributed by atoms with Crippen LogP contribution in [0.5, 0.6) is 0 Å². The molecule has 3 rings (SSSR count). The summed E-state index contributed by atoms with van der Waals surface area (Å²) in [7, 11) is 1.77. The number of likely N-dealkylation sites (N-methyl/N-ethyl adjacent to an activating group) is 1. The average molecular weight is 275 g/mol. The van der Waals surface area contributed by atoms with Crippen LogP contribution in [0.25, 0.3) is 11.5 Å². The van der Waals surface area contributed by atoms with E-state index in [0.29, 0.717) is 23.7 Å². The number of amides is 1. The van der Waals surface area contributed by atoms with Crippen molar-refractivity contribution in [2.24, 2.45) is 0 Å². The van der Waals surface area contributed by atoms with Crippen molar-refractivity contribution in [3.63, 3.8) is 0 Å². The maximum atomic E-state index is 12.3. The van der Waals surface area contributed by atoms with E-state index in [9.17, 15) is 4.79 Å². The Bertz CT molecular complexity index is 570. The van der Waals surface area contributed by atoms with Gasteiger partial charge in [-0.2, -0.15) is 5.10 Å². The fraction of sp³-hybridized carbons (Fsp3) is 0.429. The normalized spacial score (nSPS) is 18.4. The molecule has 1 fully saturated rings. The Hall–Kier alpha value is -2.08. The number of carbonyl (C=O) groups excluding carboxylic acids is 1. The molecular formula is C14H17N3O3. The van der Waals surface area contributed by atoms with Crippen molar-refractivity contribution >= 4 is 5.91 Å². The van der Waals surface area contributed by atoms with Crippen molar-refractivity contribution < 1.29 is 13.9 Å². The van der Waals surface area contributed by atoms with Crippen LogP contribution in [0, 0.1) is 0 Å². The van der Waals surface area contributed by atoms with Gasteiger partial charge in [0.1, 0.15) is 5.69 Å². The molecular weight excluding hydrogens is 258 g/mol. The molecule has 106 valence electrons. The second-order valence-electron chi connectivity index (χ2n) is 4.96. The largest absolute Gasteiger partial charge is 0.463 e. The van der Waals surface area contributed by atoms with Crippen LogP contribution >= 0.6 is 0 Å². The molecule has 0 aromatic carbocycles. The Balaban J connectivity index is 1.67. The number of H-pyrrole nitrogens is 1. The quantitative estimate of drug-likeness (QED) is 0.925. The fourth-order valence-electron chi connectivity index (χ4n) is 2.36. The summed E-state index contributed by atoms with van der Waals surface area (Å²) in [5.41, 5.74) is 1.08. The summed E-state index contributed by atoms with van der Waals surface area (Å²) in [4.78, 5) is 13.9. The van der Waals surface area contributed by atoms with Gasteiger partial charge in [0.25, 0.3) is 5.91 Å². The molecule has 0 aliphatic carbocycles. The lowest BCUT2D eigenvalue weighted by Crippen LogP contribution is -2.34. The van der Waals surface area contributed by atoms with E-state index in [0.717, 1.165) is 19.4 Å². The minimum absolute atomic E-state index is 0.116. The van der Waals surface area contributed by atoms with Crippen molar-refractivity contribution in [1.82, 2.24) is 15.1 Å². The number of rotatable bonds is 4. The Morgan fingerprint density at radius 1 is 1.60 bits per heavy atom. The minimum atomic E-state index is -0.116. The van der Waals surface area contributed by atoms with Crippen LogP contribution in [0.4, 0.5) is 0 Å². The molecule has 0 saturated carbocycles. The van der Waals surface area contributed by atoms with Crippen LogP contribution in [-0.2, 0) is 4.74 Å². The SMILES string of the molecule is CN(CC1CCCO1)C(=O)c1cc(-c2ccco2)[nH]n1. The first-order valence-electron chi connectivity index (χ1n) is 6.70. The molecule has 0 bridgehead atoms. The average Bonchev–Trinajstić information content (AvgIpc) is 3.18. The predicted octanol–water partition coefficient (Wildman–Crippen LogP) is 1.92. The number of carbonyl (C=O) groups is 1. The van der Waals surface area contributed by atoms with Gasteiger partial charge in [-0.05, 0) is 25.0 Å². The summed E-state index contributed by atoms with van der Waals surface area (Å²) in [5, 5.41) is 6.87. The number of nitrogens with one attached hydrogen (secondary N) is 1. The predicted molar refractivity (Wildman–Crippen MR) is 72.2 cm³/mol. The van der Waals surface area contributed by atoms with Gasteiger partial charge in [0.2, 0.25) is 0 Å². The van der Waals surface area contributed by atoms with Crippen LogP contribution in [0.1, 0.15) is 23.3 Å². The van der Waals surface area contributed by atoms with Gasteiger partial charge in [0, 0.05) is 26.3 Å². The van der Waals surface area contributed by atoms with Crippen molar-refractivity contribution in [3.8, 4) is 11.5 Å². The van der Waals surface area contributed by atoms with Gasteiger partial charge >= 0.3 is 0 Å². The summed E-state index contributed by atoms with van der Waals surface area (Å²) in [6.07, 6.45) is 3.81. The fourth-order valence-corrected chi connectivity index (χ4v) is 2.36. The third-order valence-corrected chi connectivity index (χ3v) is 3.43. The van der Waals surface area contributed by atoms with E-state index < -0.39 is 0 Å². The van der Waals surface area contributed by atoms with Gasteiger partial charge in [-0.3, -0.25) is 9.89 Å². The molecule has 0 spiro atoms. The zero-order valence-corrected chi connectivity index (χ0v) is 11.3. The molecule has 0 radical (unpaired) electrons. The molecule has 20 heavy (non-hydrogen) atoms. The molecule has 3 heterocycles. The van der Waals surface area contributed by atoms with E-state index >= 15 is 0 Å². The summed E-state index contributed by atoms with van der Waals surface area (Å²) in [5.74, 6) is 0.549. The van der Waals surface area contributed by atoms with Gasteiger partial charge in [0.15, 0.2) is 11.5 Å². The summed E-state index contributed by atoms with van der Waals surface area (Å²) in [6.45, 7) is 1.39. The molecule has 1 saturated heterocycles. The third kappa shape index (κ3) is 2.60. The Labute approximate surface area is 116 Å². The highest BCUT2D eigenvalue weighted by atomic mass is 16.5. The van der Waals surface area contributed by atoms with E-state index in [4.69, 9.17) is 9.15 Å². The lowest BCUT2D eigenvalue weighted by Gasteiger charge is -2.19. The summed E-state index contributed by atoms with van der Waals surface area (Å²) < 4.78 is 10.8. The van der Waals surface area contributed by atoms with E-state index in [1.54, 1.807) is 30.3 Å². The molecule has 2 aromatic rings. The number of hydrogen-bond donors (Lipinski definition) is 1. The van der Waals surface area contributed by atoms with Gasteiger partial charge in [0.05, 0.1) is 12.4 Å². The molecule has 1 N–H and O–H groups in total. The first-order valence-corrected chi connectivity index (χ1v) is 6.70. The number of hydrogen-bond acceptors (Lipinski definition) is 4. The Morgan fingerprint density at radius 3 is 3.20 bits per heavy atom. The number of furan rings is 1. The monoisotopic (exact) mass is 275 g/mol. The van der Waals surface area contributed by atoms with E-state index in [1.807, 2.05) is 6.07 Å². The lowest BCUT2D eigenvalue weighted by molar-refractivity contribution is 0.0582. The van der Waals surface area contributed by atoms with Crippen molar-refractivity contribution in [3.05, 3.63) is 30.2 Å². The molecule has 1 aliphatic heterocycles. The Kier molecular flexibility index (Phi) is 3.56. The van der Waals surface area contributed by atoms with Crippen molar-refractivity contribution in [1.29, 1.82) is 0 Å².